The third-order valence-electron chi connectivity index (χ3n) is 9.75. The van der Waals surface area contributed by atoms with Gasteiger partial charge in [0.25, 0.3) is 0 Å². The van der Waals surface area contributed by atoms with E-state index >= 15 is 0 Å². The van der Waals surface area contributed by atoms with E-state index in [-0.39, 0.29) is 5.78 Å². The Balaban J connectivity index is 1.68. The summed E-state index contributed by atoms with van der Waals surface area (Å²) >= 11 is 4.52. The summed E-state index contributed by atoms with van der Waals surface area (Å²) < 4.78 is 29.1. The first kappa shape index (κ1) is 34.2. The molecule has 0 aromatic heterocycles. The molecule has 0 radical (unpaired) electrons. The van der Waals surface area contributed by atoms with E-state index in [1.165, 1.54) is 15.9 Å². The van der Waals surface area contributed by atoms with Crippen molar-refractivity contribution in [2.24, 2.45) is 5.41 Å². The summed E-state index contributed by atoms with van der Waals surface area (Å²) in [5, 5.41) is -0.485. The minimum atomic E-state index is -3.82. The van der Waals surface area contributed by atoms with Crippen LogP contribution >= 0.6 is 20.8 Å². The van der Waals surface area contributed by atoms with Crippen molar-refractivity contribution < 1.29 is 13.2 Å². The normalized spacial score (nSPS) is 17.3. The number of rotatable bonds is 10. The molecule has 4 aromatic rings. The summed E-state index contributed by atoms with van der Waals surface area (Å²) in [7, 11) is -3.82. The predicted molar refractivity (Wildman–Crippen MR) is 200 cm³/mol. The van der Waals surface area contributed by atoms with Gasteiger partial charge in [-0.15, -0.1) is 0 Å². The van der Waals surface area contributed by atoms with E-state index in [2.05, 4.69) is 108 Å². The zero-order valence-corrected chi connectivity index (χ0v) is 30.7. The van der Waals surface area contributed by atoms with Crippen LogP contribution in [0.2, 0.25) is 0 Å². The maximum absolute atomic E-state index is 14.6. The second-order valence-electron chi connectivity index (χ2n) is 13.3. The van der Waals surface area contributed by atoms with Crippen molar-refractivity contribution in [1.29, 1.82) is 0 Å². The third kappa shape index (κ3) is 6.27. The Kier molecular flexibility index (Phi) is 9.81. The summed E-state index contributed by atoms with van der Waals surface area (Å²) in [5.74, 6) is 0.0442. The fourth-order valence-corrected chi connectivity index (χ4v) is 16.3. The first-order valence-corrected chi connectivity index (χ1v) is 21.9. The quantitative estimate of drug-likeness (QED) is 0.122. The summed E-state index contributed by atoms with van der Waals surface area (Å²) in [6, 6.07) is 38.9. The Hall–Kier alpha value is -3.11. The minimum absolute atomic E-state index is 0.0442. The van der Waals surface area contributed by atoms with E-state index in [0.29, 0.717) is 35.9 Å². The van der Waals surface area contributed by atoms with Gasteiger partial charge in [-0.3, -0.25) is 0 Å². The van der Waals surface area contributed by atoms with Gasteiger partial charge in [0.2, 0.25) is 0 Å². The van der Waals surface area contributed by atoms with Gasteiger partial charge >= 0.3 is 285 Å². The van der Waals surface area contributed by atoms with E-state index < -0.39 is 25.8 Å². The molecule has 3 nitrogen and oxygen atoms in total. The predicted octanol–water partition coefficient (Wildman–Crippen LogP) is 9.02. The molecule has 0 N–H and O–H groups in total. The van der Waals surface area contributed by atoms with Crippen LogP contribution in [-0.2, 0) is 14.6 Å². The average Bonchev–Trinajstić information content (AvgIpc) is 3.06. The molecule has 4 aromatic carbocycles. The molecule has 0 saturated heterocycles. The van der Waals surface area contributed by atoms with Gasteiger partial charge in [0.1, 0.15) is 0 Å². The van der Waals surface area contributed by atoms with Crippen LogP contribution in [0, 0.1) is 12.3 Å². The van der Waals surface area contributed by atoms with Crippen molar-refractivity contribution in [3.05, 3.63) is 144 Å². The van der Waals surface area contributed by atoms with Crippen LogP contribution in [-0.4, -0.2) is 25.6 Å². The Morgan fingerprint density at radius 2 is 1.26 bits per heavy atom. The van der Waals surface area contributed by atoms with Crippen LogP contribution in [0.15, 0.2) is 143 Å². The second-order valence-corrected chi connectivity index (χ2v) is 24.4. The Morgan fingerprint density at radius 1 is 0.804 bits per heavy atom. The monoisotopic (exact) mass is 714 g/mol. The fourth-order valence-electron chi connectivity index (χ4n) is 7.03. The van der Waals surface area contributed by atoms with Crippen LogP contribution in [0.25, 0.3) is 0 Å². The number of benzene rings is 4. The van der Waals surface area contributed by atoms with Gasteiger partial charge in [-0.25, -0.2) is 0 Å². The standard InChI is InChI=1S/C40H44BrO3PS/c1-30-21-23-36(24-22-30)46(43,44)38(39-32(3)37(42)25-27-40(39,4)5)29-31(2)26-28-45(41,33-15-9-6-10-16-33,34-17-11-7-12-18-34)35-19-13-8-14-20-35/h6-24,26,38H,25,27-29H2,1-5H3. The number of allylic oxidation sites excluding steroid dienone is 3. The van der Waals surface area contributed by atoms with Gasteiger partial charge in [0.05, 0.1) is 0 Å². The van der Waals surface area contributed by atoms with Crippen molar-refractivity contribution in [2.75, 3.05) is 6.16 Å². The summed E-state index contributed by atoms with van der Waals surface area (Å²) in [6.45, 7) is 9.98. The summed E-state index contributed by atoms with van der Waals surface area (Å²) in [5.41, 5.74) is 2.91. The molecule has 5 rings (SSSR count). The van der Waals surface area contributed by atoms with Crippen LogP contribution in [0.1, 0.15) is 52.5 Å². The fraction of sp³-hybridized carbons (Fsp3) is 0.275. The molecule has 240 valence electrons. The van der Waals surface area contributed by atoms with E-state index in [1.54, 1.807) is 12.1 Å². The molecule has 0 heterocycles. The molecule has 0 aliphatic heterocycles. The summed E-state index contributed by atoms with van der Waals surface area (Å²) in [4.78, 5) is 13.4. The maximum atomic E-state index is 14.6. The van der Waals surface area contributed by atoms with Crippen LogP contribution < -0.4 is 15.9 Å². The number of carbonyl (C=O) groups is 1. The molecule has 0 spiro atoms. The third-order valence-corrected chi connectivity index (χ3v) is 21.4. The van der Waals surface area contributed by atoms with Crippen molar-refractivity contribution in [1.82, 2.24) is 0 Å². The SMILES string of the molecule is CC(=CCP(Br)(c1ccccc1)(c1ccccc1)c1ccccc1)CC(C1=C(C)C(=O)CCC1(C)C)S(=O)(=O)c1ccc(C)cc1. The van der Waals surface area contributed by atoms with Crippen LogP contribution in [0.5, 0.6) is 0 Å². The van der Waals surface area contributed by atoms with Crippen LogP contribution in [0.3, 0.4) is 0 Å². The number of ketones is 1. The first-order chi connectivity index (χ1) is 21.8. The number of hydrogen-bond donors (Lipinski definition) is 0. The Morgan fingerprint density at radius 3 is 1.72 bits per heavy atom. The molecule has 0 amide bonds. The second kappa shape index (κ2) is 13.2. The van der Waals surface area contributed by atoms with Crippen LogP contribution in [0.4, 0.5) is 0 Å². The number of hydrogen-bond acceptors (Lipinski definition) is 3. The molecule has 1 atom stereocenters. The number of aryl methyl sites for hydroxylation is 1. The molecular weight excluding hydrogens is 671 g/mol. The van der Waals surface area contributed by atoms with E-state index in [9.17, 15) is 13.2 Å². The number of halogens is 1. The Bertz CT molecular complexity index is 1780. The zero-order valence-electron chi connectivity index (χ0n) is 27.4. The van der Waals surface area contributed by atoms with Crippen molar-refractivity contribution in [2.45, 2.75) is 64.0 Å². The molecule has 6 heteroatoms. The molecular formula is C40H44BrO3PS. The Labute approximate surface area is 283 Å². The van der Waals surface area contributed by atoms with Gasteiger partial charge in [-0.2, -0.15) is 0 Å². The van der Waals surface area contributed by atoms with Gasteiger partial charge in [-0.05, 0) is 0 Å². The van der Waals surface area contributed by atoms with Crippen molar-refractivity contribution in [3.8, 4) is 0 Å². The van der Waals surface area contributed by atoms with E-state index in [1.807, 2.05) is 51.1 Å². The first-order valence-electron chi connectivity index (χ1n) is 15.9. The topological polar surface area (TPSA) is 51.2 Å². The molecule has 0 bridgehead atoms. The van der Waals surface area contributed by atoms with Crippen molar-refractivity contribution in [3.63, 3.8) is 0 Å². The molecule has 46 heavy (non-hydrogen) atoms. The van der Waals surface area contributed by atoms with Gasteiger partial charge in [0, 0.05) is 0 Å². The zero-order chi connectivity index (χ0) is 33.2. The average molecular weight is 716 g/mol. The molecule has 1 unspecified atom stereocenters. The number of carbonyl (C=O) groups excluding carboxylic acids is 1. The number of Topliss-reactive ketones (excluding diaryl/α,β-unsaturated/α-hetero) is 1. The van der Waals surface area contributed by atoms with Gasteiger partial charge in [-0.1, -0.05) is 0 Å². The van der Waals surface area contributed by atoms with E-state index in [0.717, 1.165) is 16.7 Å². The van der Waals surface area contributed by atoms with E-state index in [4.69, 9.17) is 0 Å². The summed E-state index contributed by atoms with van der Waals surface area (Å²) in [6.07, 6.45) is 4.28. The van der Waals surface area contributed by atoms with Crippen molar-refractivity contribution >= 4 is 52.3 Å². The molecule has 0 fully saturated rings. The number of sulfone groups is 1. The van der Waals surface area contributed by atoms with Gasteiger partial charge < -0.3 is 0 Å². The van der Waals surface area contributed by atoms with Gasteiger partial charge in [0.15, 0.2) is 0 Å². The molecule has 0 saturated carbocycles. The molecule has 1 aliphatic carbocycles. The molecule has 1 aliphatic rings.